The van der Waals surface area contributed by atoms with E-state index in [4.69, 9.17) is 13.8 Å². The van der Waals surface area contributed by atoms with Crippen LogP contribution in [0.2, 0.25) is 0 Å². The molecule has 0 saturated heterocycles. The summed E-state index contributed by atoms with van der Waals surface area (Å²) in [5, 5.41) is 0. The summed E-state index contributed by atoms with van der Waals surface area (Å²) in [6.45, 7) is 10.3. The third-order valence-corrected chi connectivity index (χ3v) is 5.26. The van der Waals surface area contributed by atoms with Crippen molar-refractivity contribution in [1.29, 1.82) is 0 Å². The van der Waals surface area contributed by atoms with Gasteiger partial charge in [0.2, 0.25) is 0 Å². The molecule has 0 saturated carbocycles. The van der Waals surface area contributed by atoms with Gasteiger partial charge < -0.3 is 18.6 Å². The van der Waals surface area contributed by atoms with E-state index in [0.29, 0.717) is 44.9 Å². The molecule has 0 fully saturated rings. The maximum Gasteiger partial charge on any atom is 0.259 e. The molecule has 0 amide bonds. The van der Waals surface area contributed by atoms with E-state index in [-0.39, 0.29) is 21.1 Å². The number of benzene rings is 1. The largest absolute Gasteiger partial charge is 0.542 e. The van der Waals surface area contributed by atoms with Gasteiger partial charge >= 0.3 is 0 Å². The summed E-state index contributed by atoms with van der Waals surface area (Å²) in [5.74, 6) is 0. The molecule has 0 aromatic heterocycles. The van der Waals surface area contributed by atoms with Crippen molar-refractivity contribution in [3.05, 3.63) is 35.9 Å². The molecule has 0 spiro atoms. The minimum atomic E-state index is -1.18. The van der Waals surface area contributed by atoms with Crippen LogP contribution in [0.5, 0.6) is 0 Å². The molecule has 5 nitrogen and oxygen atoms in total. The molecule has 1 aromatic rings. The van der Waals surface area contributed by atoms with E-state index < -0.39 is 8.53 Å². The predicted octanol–water partition coefficient (Wildman–Crippen LogP) is 4.08. The van der Waals surface area contributed by atoms with Crippen LogP contribution in [0.4, 0.5) is 0 Å². The summed E-state index contributed by atoms with van der Waals surface area (Å²) < 4.78 is 19.6. The second-order valence-corrected chi connectivity index (χ2v) is 7.36. The maximum atomic E-state index is 10.1. The second kappa shape index (κ2) is 15.0. The average molecular weight is 538 g/mol. The van der Waals surface area contributed by atoms with Gasteiger partial charge in [0.15, 0.2) is 0 Å². The van der Waals surface area contributed by atoms with Gasteiger partial charge in [-0.3, -0.25) is 6.29 Å². The topological polar surface area (TPSA) is 48.0 Å². The molecule has 0 heterocycles. The molecule has 1 rings (SSSR count). The zero-order valence-corrected chi connectivity index (χ0v) is 19.3. The normalized spacial score (nSPS) is 12.4. The Bertz CT molecular complexity index is 440. The zero-order valence-electron chi connectivity index (χ0n) is 15.5. The van der Waals surface area contributed by atoms with Gasteiger partial charge in [0.25, 0.3) is 8.53 Å². The van der Waals surface area contributed by atoms with Crippen molar-refractivity contribution >= 4 is 14.8 Å². The second-order valence-electron chi connectivity index (χ2n) is 5.90. The Labute approximate surface area is 167 Å². The first-order chi connectivity index (χ1) is 11.6. The Hall–Kier alpha value is -0.152. The number of rotatable bonds is 13. The standard InChI is InChI=1S/C18H29NO4P.W/c1-16(2)19(17(3)4)24(22-14-13-21-12-8-11-20)23-15-18-9-6-5-7-10-18;/h5-7,9-10,16-17H,8,12-15H2,1-4H3;/q-1;. The van der Waals surface area contributed by atoms with Crippen LogP contribution in [-0.2, 0) is 46.3 Å². The molecule has 0 radical (unpaired) electrons. The molecule has 1 aromatic carbocycles. The summed E-state index contributed by atoms with van der Waals surface area (Å²) in [6, 6.07) is 10.7. The van der Waals surface area contributed by atoms with Crippen LogP contribution in [0.15, 0.2) is 30.3 Å². The number of nitrogens with zero attached hydrogens (tertiary/aromatic N) is 1. The molecular weight excluding hydrogens is 509 g/mol. The predicted molar refractivity (Wildman–Crippen MR) is 97.3 cm³/mol. The van der Waals surface area contributed by atoms with Crippen LogP contribution in [0.3, 0.4) is 0 Å². The summed E-state index contributed by atoms with van der Waals surface area (Å²) in [7, 11) is -1.18. The third-order valence-electron chi connectivity index (χ3n) is 3.21. The monoisotopic (exact) mass is 538 g/mol. The van der Waals surface area contributed by atoms with Gasteiger partial charge in [-0.15, -0.1) is 6.42 Å². The Balaban J connectivity index is 0.00000576. The Morgan fingerprint density at radius 2 is 1.64 bits per heavy atom. The molecule has 0 aliphatic heterocycles. The van der Waals surface area contributed by atoms with E-state index in [0.717, 1.165) is 5.56 Å². The summed E-state index contributed by atoms with van der Waals surface area (Å²) in [6.07, 6.45) is 2.10. The van der Waals surface area contributed by atoms with Crippen molar-refractivity contribution in [2.75, 3.05) is 19.8 Å². The molecular formula is C18H29NO4PW-. The van der Waals surface area contributed by atoms with Crippen LogP contribution in [0.25, 0.3) is 0 Å². The first kappa shape index (κ1) is 24.8. The van der Waals surface area contributed by atoms with Crippen LogP contribution in [0.1, 0.15) is 39.7 Å². The smallest absolute Gasteiger partial charge is 0.259 e. The van der Waals surface area contributed by atoms with Gasteiger partial charge in [-0.1, -0.05) is 30.3 Å². The van der Waals surface area contributed by atoms with E-state index in [1.807, 2.05) is 36.6 Å². The Kier molecular flexibility index (Phi) is 14.9. The van der Waals surface area contributed by atoms with Gasteiger partial charge in [0, 0.05) is 39.8 Å². The third kappa shape index (κ3) is 10.6. The first-order valence-electron chi connectivity index (χ1n) is 8.37. The first-order valence-corrected chi connectivity index (χ1v) is 9.50. The average Bonchev–Trinajstić information content (AvgIpc) is 2.55. The number of hydrogen-bond donors (Lipinski definition) is 0. The summed E-state index contributed by atoms with van der Waals surface area (Å²) in [5.41, 5.74) is 1.12. The van der Waals surface area contributed by atoms with Crippen LogP contribution >= 0.6 is 8.53 Å². The van der Waals surface area contributed by atoms with E-state index in [9.17, 15) is 4.79 Å². The van der Waals surface area contributed by atoms with Gasteiger partial charge in [-0.25, -0.2) is 4.67 Å². The SMILES string of the molecule is CC(C)N(C(C)C)P(OCCOCC[C-]=O)OCc1ccccc1.[W]. The van der Waals surface area contributed by atoms with Gasteiger partial charge in [-0.2, -0.15) is 0 Å². The van der Waals surface area contributed by atoms with Crippen molar-refractivity contribution < 1.29 is 39.6 Å². The van der Waals surface area contributed by atoms with Crippen LogP contribution in [0, 0.1) is 0 Å². The fraction of sp³-hybridized carbons (Fsp3) is 0.611. The minimum Gasteiger partial charge on any atom is -0.542 e. The van der Waals surface area contributed by atoms with E-state index in [1.165, 1.54) is 0 Å². The number of ether oxygens (including phenoxy) is 1. The molecule has 0 aliphatic rings. The fourth-order valence-electron chi connectivity index (χ4n) is 2.24. The molecule has 142 valence electrons. The van der Waals surface area contributed by atoms with Crippen molar-refractivity contribution in [3.8, 4) is 0 Å². The van der Waals surface area contributed by atoms with E-state index in [1.54, 1.807) is 0 Å². The molecule has 0 bridgehead atoms. The molecule has 1 atom stereocenters. The van der Waals surface area contributed by atoms with Crippen molar-refractivity contribution in [2.24, 2.45) is 0 Å². The van der Waals surface area contributed by atoms with E-state index >= 15 is 0 Å². The van der Waals surface area contributed by atoms with Gasteiger partial charge in [0.05, 0.1) is 19.8 Å². The molecule has 7 heteroatoms. The molecule has 0 aliphatic carbocycles. The van der Waals surface area contributed by atoms with Crippen molar-refractivity contribution in [2.45, 2.75) is 52.8 Å². The number of hydrogen-bond acceptors (Lipinski definition) is 5. The van der Waals surface area contributed by atoms with Gasteiger partial charge in [0.1, 0.15) is 0 Å². The fourth-order valence-corrected chi connectivity index (χ4v) is 3.82. The quantitative estimate of drug-likeness (QED) is 0.215. The van der Waals surface area contributed by atoms with Crippen LogP contribution < -0.4 is 0 Å². The van der Waals surface area contributed by atoms with E-state index in [2.05, 4.69) is 32.4 Å². The Morgan fingerprint density at radius 1 is 1.00 bits per heavy atom. The minimum absolute atomic E-state index is 0. The van der Waals surface area contributed by atoms with Gasteiger partial charge in [-0.05, 0) is 33.3 Å². The van der Waals surface area contributed by atoms with Crippen molar-refractivity contribution in [1.82, 2.24) is 4.67 Å². The summed E-state index contributed by atoms with van der Waals surface area (Å²) >= 11 is 0. The number of carbonyl (C=O) groups excluding carboxylic acids is 1. The van der Waals surface area contributed by atoms with Crippen molar-refractivity contribution in [3.63, 3.8) is 0 Å². The molecule has 0 N–H and O–H groups in total. The maximum absolute atomic E-state index is 10.1. The summed E-state index contributed by atoms with van der Waals surface area (Å²) in [4.78, 5) is 10.1. The van der Waals surface area contributed by atoms with Crippen LogP contribution in [-0.4, -0.2) is 42.9 Å². The Morgan fingerprint density at radius 3 is 2.20 bits per heavy atom. The zero-order chi connectivity index (χ0) is 17.8. The molecule has 1 unspecified atom stereocenters. The molecule has 25 heavy (non-hydrogen) atoms.